The van der Waals surface area contributed by atoms with E-state index in [4.69, 9.17) is 14.5 Å². The van der Waals surface area contributed by atoms with E-state index in [-0.39, 0.29) is 0 Å². The standard InChI is InChI=1S/C6H10O8P/c7-1-3-5(8)6(9)4(14-3)2-13-15(10,11)12/h3-6,8-9H,2H2,(H2,10,11,12)/t3?,4-,5+,6-/m1/s1. The van der Waals surface area contributed by atoms with Gasteiger partial charge in [0.05, 0.1) is 6.61 Å². The molecule has 0 aliphatic carbocycles. The summed E-state index contributed by atoms with van der Waals surface area (Å²) in [7, 11) is -4.66. The van der Waals surface area contributed by atoms with Crippen molar-refractivity contribution in [2.24, 2.45) is 0 Å². The van der Waals surface area contributed by atoms with Crippen molar-refractivity contribution < 1.29 is 38.6 Å². The molecule has 9 heteroatoms. The van der Waals surface area contributed by atoms with Gasteiger partial charge in [0.25, 0.3) is 0 Å². The first-order valence-corrected chi connectivity index (χ1v) is 5.47. The van der Waals surface area contributed by atoms with Crippen molar-refractivity contribution in [2.45, 2.75) is 24.4 Å². The lowest BCUT2D eigenvalue weighted by atomic mass is 10.1. The third kappa shape index (κ3) is 3.32. The fourth-order valence-electron chi connectivity index (χ4n) is 1.15. The van der Waals surface area contributed by atoms with E-state index in [0.717, 1.165) is 0 Å². The molecule has 87 valence electrons. The lowest BCUT2D eigenvalue weighted by Crippen LogP contribution is -2.34. The second kappa shape index (κ2) is 4.67. The maximum Gasteiger partial charge on any atom is 0.469 e. The Morgan fingerprint density at radius 2 is 1.93 bits per heavy atom. The number of phosphoric acid groups is 1. The van der Waals surface area contributed by atoms with Crippen LogP contribution in [0.1, 0.15) is 0 Å². The van der Waals surface area contributed by atoms with Gasteiger partial charge < -0.3 is 24.7 Å². The Morgan fingerprint density at radius 1 is 1.33 bits per heavy atom. The second-order valence-electron chi connectivity index (χ2n) is 2.98. The minimum Gasteiger partial charge on any atom is -0.387 e. The predicted octanol–water partition coefficient (Wildman–Crippen LogP) is -2.31. The molecule has 15 heavy (non-hydrogen) atoms. The third-order valence-electron chi connectivity index (χ3n) is 1.89. The highest BCUT2D eigenvalue weighted by Gasteiger charge is 2.43. The zero-order chi connectivity index (χ0) is 11.6. The predicted molar refractivity (Wildman–Crippen MR) is 44.4 cm³/mol. The monoisotopic (exact) mass is 241 g/mol. The number of phosphoric ester groups is 1. The molecule has 1 aliphatic rings. The molecule has 0 aromatic rings. The van der Waals surface area contributed by atoms with Crippen LogP contribution in [0.15, 0.2) is 0 Å². The van der Waals surface area contributed by atoms with E-state index in [1.54, 1.807) is 0 Å². The maximum atomic E-state index is 10.3. The molecule has 8 nitrogen and oxygen atoms in total. The van der Waals surface area contributed by atoms with Crippen molar-refractivity contribution in [2.75, 3.05) is 6.61 Å². The van der Waals surface area contributed by atoms with Crippen molar-refractivity contribution >= 4 is 14.1 Å². The summed E-state index contributed by atoms with van der Waals surface area (Å²) in [6.07, 6.45) is -4.06. The summed E-state index contributed by atoms with van der Waals surface area (Å²) in [6.45, 7) is -0.624. The summed E-state index contributed by atoms with van der Waals surface area (Å²) < 4.78 is 19.1. The molecule has 1 saturated heterocycles. The molecule has 0 aromatic heterocycles. The van der Waals surface area contributed by atoms with Crippen LogP contribution in [-0.2, 0) is 18.6 Å². The maximum absolute atomic E-state index is 10.3. The van der Waals surface area contributed by atoms with E-state index in [0.29, 0.717) is 0 Å². The van der Waals surface area contributed by atoms with Crippen LogP contribution in [0, 0.1) is 0 Å². The molecule has 1 aliphatic heterocycles. The summed E-state index contributed by atoms with van der Waals surface area (Å²) in [5.41, 5.74) is 0. The third-order valence-corrected chi connectivity index (χ3v) is 2.37. The van der Waals surface area contributed by atoms with Gasteiger partial charge in [0.1, 0.15) is 18.3 Å². The van der Waals surface area contributed by atoms with Crippen molar-refractivity contribution in [1.29, 1.82) is 0 Å². The highest BCUT2D eigenvalue weighted by atomic mass is 31.2. The normalized spacial score (nSPS) is 36.8. The number of aliphatic hydroxyl groups is 2. The first kappa shape index (κ1) is 12.7. The van der Waals surface area contributed by atoms with Crippen LogP contribution in [0.3, 0.4) is 0 Å². The van der Waals surface area contributed by atoms with Crippen LogP contribution in [-0.4, -0.2) is 57.3 Å². The Bertz CT molecular complexity index is 274. The van der Waals surface area contributed by atoms with E-state index >= 15 is 0 Å². The Labute approximate surface area is 84.7 Å². The Kier molecular flexibility index (Phi) is 3.96. The van der Waals surface area contributed by atoms with E-state index in [2.05, 4.69) is 4.52 Å². The molecular formula is C6H10O8P. The minimum absolute atomic E-state index is 0.624. The van der Waals surface area contributed by atoms with Crippen molar-refractivity contribution in [3.8, 4) is 0 Å². The average Bonchev–Trinajstić information content (AvgIpc) is 2.40. The Morgan fingerprint density at radius 3 is 2.33 bits per heavy atom. The average molecular weight is 241 g/mol. The molecule has 1 unspecified atom stereocenters. The largest absolute Gasteiger partial charge is 0.469 e. The summed E-state index contributed by atoms with van der Waals surface area (Å²) in [5, 5.41) is 18.4. The van der Waals surface area contributed by atoms with Gasteiger partial charge in [-0.25, -0.2) is 4.57 Å². The van der Waals surface area contributed by atoms with E-state index in [1.807, 2.05) is 0 Å². The molecule has 1 rings (SSSR count). The number of ether oxygens (including phenoxy) is 1. The molecule has 1 radical (unpaired) electrons. The molecule has 0 amide bonds. The quantitative estimate of drug-likeness (QED) is 0.403. The van der Waals surface area contributed by atoms with Gasteiger partial charge in [0.15, 0.2) is 6.10 Å². The second-order valence-corrected chi connectivity index (χ2v) is 4.22. The molecule has 1 heterocycles. The molecule has 4 atom stereocenters. The SMILES string of the molecule is O=[C]C1O[C@H](COP(=O)(O)O)[C@@H](O)[C@H]1O. The molecule has 1 fully saturated rings. The highest BCUT2D eigenvalue weighted by Crippen LogP contribution is 2.37. The fraction of sp³-hybridized carbons (Fsp3) is 0.833. The molecule has 0 bridgehead atoms. The van der Waals surface area contributed by atoms with Crippen molar-refractivity contribution in [3.63, 3.8) is 0 Å². The smallest absolute Gasteiger partial charge is 0.387 e. The van der Waals surface area contributed by atoms with Crippen molar-refractivity contribution in [1.82, 2.24) is 0 Å². The summed E-state index contributed by atoms with van der Waals surface area (Å²) >= 11 is 0. The van der Waals surface area contributed by atoms with Gasteiger partial charge in [-0.15, -0.1) is 0 Å². The topological polar surface area (TPSA) is 134 Å². The summed E-state index contributed by atoms with van der Waals surface area (Å²) in [6, 6.07) is 0. The number of rotatable bonds is 4. The Balaban J connectivity index is 2.51. The number of aliphatic hydroxyl groups excluding tert-OH is 2. The van der Waals surface area contributed by atoms with Crippen molar-refractivity contribution in [3.05, 3.63) is 0 Å². The number of hydrogen-bond donors (Lipinski definition) is 4. The zero-order valence-corrected chi connectivity index (χ0v) is 8.28. The van der Waals surface area contributed by atoms with Crippen LogP contribution in [0.4, 0.5) is 0 Å². The van der Waals surface area contributed by atoms with Gasteiger partial charge in [0, 0.05) is 0 Å². The molecule has 0 spiro atoms. The molecular weight excluding hydrogens is 231 g/mol. The van der Waals surface area contributed by atoms with E-state index in [1.165, 1.54) is 6.29 Å². The first-order chi connectivity index (χ1) is 6.85. The lowest BCUT2D eigenvalue weighted by Gasteiger charge is -2.14. The first-order valence-electron chi connectivity index (χ1n) is 3.94. The Hall–Kier alpha value is -0.340. The van der Waals surface area contributed by atoms with Gasteiger partial charge in [0.2, 0.25) is 6.29 Å². The van der Waals surface area contributed by atoms with Crippen LogP contribution < -0.4 is 0 Å². The summed E-state index contributed by atoms with van der Waals surface area (Å²) in [5.74, 6) is 0. The molecule has 0 aromatic carbocycles. The summed E-state index contributed by atoms with van der Waals surface area (Å²) in [4.78, 5) is 26.9. The van der Waals surface area contributed by atoms with Crippen LogP contribution in [0.5, 0.6) is 0 Å². The van der Waals surface area contributed by atoms with Crippen LogP contribution in [0.2, 0.25) is 0 Å². The van der Waals surface area contributed by atoms with Gasteiger partial charge in [-0.1, -0.05) is 0 Å². The van der Waals surface area contributed by atoms with Crippen LogP contribution >= 0.6 is 7.82 Å². The zero-order valence-electron chi connectivity index (χ0n) is 7.39. The lowest BCUT2D eigenvalue weighted by molar-refractivity contribution is -0.0101. The fourth-order valence-corrected chi connectivity index (χ4v) is 1.50. The van der Waals surface area contributed by atoms with Gasteiger partial charge >= 0.3 is 7.82 Å². The van der Waals surface area contributed by atoms with E-state index < -0.39 is 38.8 Å². The molecule has 4 N–H and O–H groups in total. The molecule has 0 saturated carbocycles. The number of hydrogen-bond acceptors (Lipinski definition) is 6. The van der Waals surface area contributed by atoms with Gasteiger partial charge in [-0.05, 0) is 0 Å². The van der Waals surface area contributed by atoms with Gasteiger partial charge in [-0.2, -0.15) is 0 Å². The van der Waals surface area contributed by atoms with Gasteiger partial charge in [-0.3, -0.25) is 9.32 Å². The van der Waals surface area contributed by atoms with E-state index in [9.17, 15) is 19.6 Å². The minimum atomic E-state index is -4.66. The highest BCUT2D eigenvalue weighted by molar-refractivity contribution is 7.46. The number of carbonyl (C=O) groups excluding carboxylic acids is 1. The van der Waals surface area contributed by atoms with Crippen LogP contribution in [0.25, 0.3) is 0 Å².